The summed E-state index contributed by atoms with van der Waals surface area (Å²) >= 11 is 0. The number of carbonyl (C=O) groups excluding carboxylic acids is 1. The van der Waals surface area contributed by atoms with E-state index >= 15 is 0 Å². The van der Waals surface area contributed by atoms with E-state index in [9.17, 15) is 4.79 Å². The molecule has 0 saturated heterocycles. The lowest BCUT2D eigenvalue weighted by atomic mass is 10.3. The van der Waals surface area contributed by atoms with Crippen molar-refractivity contribution in [2.24, 2.45) is 5.73 Å². The van der Waals surface area contributed by atoms with Crippen LogP contribution in [-0.4, -0.2) is 33.9 Å². The minimum absolute atomic E-state index is 0.380. The number of hydrogen-bond donors (Lipinski definition) is 4. The van der Waals surface area contributed by atoms with Gasteiger partial charge in [0, 0.05) is 11.8 Å². The molecular weight excluding hydrogens is 172 g/mol. The second-order valence-electron chi connectivity index (χ2n) is 2.71. The van der Waals surface area contributed by atoms with Crippen molar-refractivity contribution in [2.45, 2.75) is 13.0 Å². The summed E-state index contributed by atoms with van der Waals surface area (Å²) in [6.45, 7) is 1.43. The number of nitrogens with zero attached hydrogens (tertiary/aromatic N) is 1. The van der Waals surface area contributed by atoms with Gasteiger partial charge in [-0.15, -0.1) is 0 Å². The van der Waals surface area contributed by atoms with Gasteiger partial charge in [-0.3, -0.25) is 9.89 Å². The van der Waals surface area contributed by atoms with Crippen LogP contribution >= 0.6 is 0 Å². The van der Waals surface area contributed by atoms with Gasteiger partial charge in [0.1, 0.15) is 6.04 Å². The summed E-state index contributed by atoms with van der Waals surface area (Å²) in [5.41, 5.74) is 6.11. The number of H-pyrrole nitrogens is 1. The van der Waals surface area contributed by atoms with Crippen molar-refractivity contribution in [2.75, 3.05) is 11.9 Å². The first-order valence-corrected chi connectivity index (χ1v) is 3.83. The molecule has 1 amide bonds. The summed E-state index contributed by atoms with van der Waals surface area (Å²) in [4.78, 5) is 11.1. The molecule has 1 heterocycles. The molecule has 0 fully saturated rings. The number of carbonyl (C=O) groups is 1. The number of aliphatic hydroxyl groups excluding tert-OH is 1. The number of nitrogens with two attached hydrogens (primary N) is 1. The molecule has 0 aliphatic rings. The zero-order chi connectivity index (χ0) is 9.84. The summed E-state index contributed by atoms with van der Waals surface area (Å²) in [7, 11) is 0. The number of aromatic amines is 1. The Morgan fingerprint density at radius 2 is 2.62 bits per heavy atom. The van der Waals surface area contributed by atoms with Crippen LogP contribution in [0.2, 0.25) is 0 Å². The van der Waals surface area contributed by atoms with Crippen molar-refractivity contribution in [3.8, 4) is 0 Å². The largest absolute Gasteiger partial charge is 0.394 e. The van der Waals surface area contributed by atoms with E-state index in [1.54, 1.807) is 6.07 Å². The first-order valence-electron chi connectivity index (χ1n) is 3.83. The Morgan fingerprint density at radius 3 is 3.08 bits per heavy atom. The number of rotatable bonds is 3. The molecule has 0 radical (unpaired) electrons. The smallest absolute Gasteiger partial charge is 0.244 e. The normalized spacial score (nSPS) is 12.5. The van der Waals surface area contributed by atoms with E-state index in [-0.39, 0.29) is 6.61 Å². The molecule has 72 valence electrons. The van der Waals surface area contributed by atoms with Gasteiger partial charge in [-0.25, -0.2) is 0 Å². The lowest BCUT2D eigenvalue weighted by Crippen LogP contribution is -2.38. The van der Waals surface area contributed by atoms with Crippen LogP contribution in [0.3, 0.4) is 0 Å². The number of aromatic nitrogens is 2. The number of aryl methyl sites for hydroxylation is 1. The van der Waals surface area contributed by atoms with Gasteiger partial charge in [0.25, 0.3) is 0 Å². The molecule has 0 spiro atoms. The topological polar surface area (TPSA) is 104 Å². The van der Waals surface area contributed by atoms with Crippen LogP contribution in [0.4, 0.5) is 5.82 Å². The maximum absolute atomic E-state index is 11.1. The molecule has 6 nitrogen and oxygen atoms in total. The monoisotopic (exact) mass is 184 g/mol. The van der Waals surface area contributed by atoms with Crippen LogP contribution in [0.25, 0.3) is 0 Å². The van der Waals surface area contributed by atoms with E-state index in [4.69, 9.17) is 10.8 Å². The lowest BCUT2D eigenvalue weighted by Gasteiger charge is -2.06. The standard InChI is InChI=1S/C7H12N4O2/c1-4-2-6(11-10-4)9-7(13)5(8)3-12/h2,5,12H,3,8H2,1H3,(H2,9,10,11,13). The van der Waals surface area contributed by atoms with Gasteiger partial charge in [0.05, 0.1) is 6.61 Å². The summed E-state index contributed by atoms with van der Waals surface area (Å²) in [6.07, 6.45) is 0. The fourth-order valence-electron chi connectivity index (χ4n) is 0.784. The van der Waals surface area contributed by atoms with Crippen LogP contribution < -0.4 is 11.1 Å². The molecule has 0 aromatic carbocycles. The highest BCUT2D eigenvalue weighted by molar-refractivity contribution is 5.93. The second kappa shape index (κ2) is 4.01. The molecule has 1 unspecified atom stereocenters. The summed E-state index contributed by atoms with van der Waals surface area (Å²) < 4.78 is 0. The molecule has 0 bridgehead atoms. The first kappa shape index (κ1) is 9.69. The van der Waals surface area contributed by atoms with Crippen LogP contribution in [0, 0.1) is 6.92 Å². The number of amides is 1. The van der Waals surface area contributed by atoms with Crippen molar-refractivity contribution in [3.63, 3.8) is 0 Å². The molecule has 1 rings (SSSR count). The van der Waals surface area contributed by atoms with E-state index in [0.717, 1.165) is 5.69 Å². The maximum Gasteiger partial charge on any atom is 0.244 e. The molecule has 1 aromatic heterocycles. The minimum Gasteiger partial charge on any atom is -0.394 e. The Labute approximate surface area is 75.1 Å². The van der Waals surface area contributed by atoms with Crippen LogP contribution in [0.5, 0.6) is 0 Å². The predicted octanol–water partition coefficient (Wildman–Crippen LogP) is -1.02. The fourth-order valence-corrected chi connectivity index (χ4v) is 0.784. The highest BCUT2D eigenvalue weighted by Gasteiger charge is 2.12. The number of anilines is 1. The highest BCUT2D eigenvalue weighted by Crippen LogP contribution is 2.03. The predicted molar refractivity (Wildman–Crippen MR) is 47.0 cm³/mol. The van der Waals surface area contributed by atoms with Crippen LogP contribution in [-0.2, 0) is 4.79 Å². The molecule has 1 atom stereocenters. The first-order chi connectivity index (χ1) is 6.13. The van der Waals surface area contributed by atoms with Gasteiger partial charge in [-0.05, 0) is 6.92 Å². The zero-order valence-corrected chi connectivity index (χ0v) is 7.24. The number of nitrogens with one attached hydrogen (secondary N) is 2. The van der Waals surface area contributed by atoms with Crippen molar-refractivity contribution >= 4 is 11.7 Å². The van der Waals surface area contributed by atoms with Crippen LogP contribution in [0.1, 0.15) is 5.69 Å². The average Bonchev–Trinajstić information content (AvgIpc) is 2.49. The van der Waals surface area contributed by atoms with Crippen molar-refractivity contribution in [3.05, 3.63) is 11.8 Å². The van der Waals surface area contributed by atoms with E-state index in [0.29, 0.717) is 5.82 Å². The quantitative estimate of drug-likeness (QED) is 0.482. The zero-order valence-electron chi connectivity index (χ0n) is 7.24. The van der Waals surface area contributed by atoms with Crippen LogP contribution in [0.15, 0.2) is 6.07 Å². The Kier molecular flexibility index (Phi) is 2.99. The summed E-state index contributed by atoms with van der Waals surface area (Å²) in [5.74, 6) is -0.0413. The van der Waals surface area contributed by atoms with Gasteiger partial charge >= 0.3 is 0 Å². The highest BCUT2D eigenvalue weighted by atomic mass is 16.3. The molecule has 0 aliphatic heterocycles. The molecular formula is C7H12N4O2. The third-order valence-corrected chi connectivity index (χ3v) is 1.49. The SMILES string of the molecule is Cc1cc(NC(=O)C(N)CO)n[nH]1. The molecule has 1 aromatic rings. The Bertz CT molecular complexity index is 296. The Morgan fingerprint density at radius 1 is 1.92 bits per heavy atom. The number of aliphatic hydroxyl groups is 1. The molecule has 6 heteroatoms. The molecule has 0 aliphatic carbocycles. The van der Waals surface area contributed by atoms with Crippen molar-refractivity contribution < 1.29 is 9.90 Å². The minimum atomic E-state index is -0.906. The Hall–Kier alpha value is -1.40. The molecule has 0 saturated carbocycles. The van der Waals surface area contributed by atoms with Gasteiger partial charge in [-0.1, -0.05) is 0 Å². The van der Waals surface area contributed by atoms with Crippen molar-refractivity contribution in [1.29, 1.82) is 0 Å². The van der Waals surface area contributed by atoms with E-state index in [2.05, 4.69) is 15.5 Å². The number of hydrogen-bond acceptors (Lipinski definition) is 4. The third kappa shape index (κ3) is 2.53. The van der Waals surface area contributed by atoms with Gasteiger partial charge in [-0.2, -0.15) is 5.10 Å². The lowest BCUT2D eigenvalue weighted by molar-refractivity contribution is -0.118. The van der Waals surface area contributed by atoms with E-state index in [1.165, 1.54) is 0 Å². The maximum atomic E-state index is 11.1. The van der Waals surface area contributed by atoms with Gasteiger partial charge in [0.15, 0.2) is 5.82 Å². The summed E-state index contributed by atoms with van der Waals surface area (Å²) in [6, 6.07) is 0.763. The van der Waals surface area contributed by atoms with E-state index < -0.39 is 11.9 Å². The van der Waals surface area contributed by atoms with Gasteiger partial charge < -0.3 is 16.2 Å². The third-order valence-electron chi connectivity index (χ3n) is 1.49. The molecule has 5 N–H and O–H groups in total. The Balaban J connectivity index is 2.54. The van der Waals surface area contributed by atoms with Crippen molar-refractivity contribution in [1.82, 2.24) is 10.2 Å². The second-order valence-corrected chi connectivity index (χ2v) is 2.71. The van der Waals surface area contributed by atoms with E-state index in [1.807, 2.05) is 6.92 Å². The molecule has 13 heavy (non-hydrogen) atoms. The van der Waals surface area contributed by atoms with Gasteiger partial charge in [0.2, 0.25) is 5.91 Å². The fraction of sp³-hybridized carbons (Fsp3) is 0.429. The average molecular weight is 184 g/mol. The summed E-state index contributed by atoms with van der Waals surface area (Å²) in [5, 5.41) is 17.5.